The standard InChI is InChI=1S/C21H28I2O2/c1-5-6-7-8-14-9-16(24)19-17(10-14)25-20(3,4)18-11-15(22)13(2)12-21(18,19)23/h9-10,12,15,18,24H,5-8,11H2,1-4H3/t15?,18-,21?/m0/s1. The van der Waals surface area contributed by atoms with Gasteiger partial charge in [0.25, 0.3) is 0 Å². The second kappa shape index (κ2) is 7.21. The molecular formula is C21H28I2O2. The van der Waals surface area contributed by atoms with Crippen LogP contribution in [0.4, 0.5) is 0 Å². The van der Waals surface area contributed by atoms with Crippen molar-refractivity contribution in [2.45, 2.75) is 72.7 Å². The van der Waals surface area contributed by atoms with Crippen molar-refractivity contribution in [3.63, 3.8) is 0 Å². The first-order valence-corrected chi connectivity index (χ1v) is 11.6. The molecule has 2 nitrogen and oxygen atoms in total. The molecule has 1 aromatic rings. The van der Waals surface area contributed by atoms with E-state index in [1.807, 2.05) is 6.07 Å². The molecular weight excluding hydrogens is 538 g/mol. The van der Waals surface area contributed by atoms with Crippen LogP contribution in [-0.2, 0) is 9.84 Å². The van der Waals surface area contributed by atoms with Crippen LogP contribution in [0.15, 0.2) is 23.8 Å². The smallest absolute Gasteiger partial charge is 0.129 e. The number of phenols is 1. The van der Waals surface area contributed by atoms with Crippen molar-refractivity contribution in [2.75, 3.05) is 0 Å². The van der Waals surface area contributed by atoms with Crippen LogP contribution >= 0.6 is 45.2 Å². The Labute approximate surface area is 179 Å². The van der Waals surface area contributed by atoms with Crippen LogP contribution in [0.25, 0.3) is 0 Å². The van der Waals surface area contributed by atoms with E-state index in [1.165, 1.54) is 24.0 Å². The molecule has 2 unspecified atom stereocenters. The molecule has 0 fully saturated rings. The molecule has 0 radical (unpaired) electrons. The van der Waals surface area contributed by atoms with Gasteiger partial charge in [0.1, 0.15) is 17.1 Å². The SMILES string of the molecule is CCCCCc1cc(O)c2c(c1)OC(C)(C)[C@@H]1CC(I)C(C)=CC21I. The predicted molar refractivity (Wildman–Crippen MR) is 121 cm³/mol. The number of aromatic hydroxyl groups is 1. The van der Waals surface area contributed by atoms with E-state index in [9.17, 15) is 5.11 Å². The highest BCUT2D eigenvalue weighted by molar-refractivity contribution is 14.1. The molecule has 2 aliphatic rings. The molecule has 3 atom stereocenters. The highest BCUT2D eigenvalue weighted by Gasteiger charge is 2.55. The van der Waals surface area contributed by atoms with Gasteiger partial charge >= 0.3 is 0 Å². The molecule has 0 amide bonds. The molecule has 4 heteroatoms. The highest BCUT2D eigenvalue weighted by Crippen LogP contribution is 2.61. The summed E-state index contributed by atoms with van der Waals surface area (Å²) in [5, 5.41) is 10.9. The van der Waals surface area contributed by atoms with Crippen molar-refractivity contribution in [1.29, 1.82) is 0 Å². The number of benzene rings is 1. The fourth-order valence-electron chi connectivity index (χ4n) is 4.32. The molecule has 0 bridgehead atoms. The quantitative estimate of drug-likeness (QED) is 0.191. The first-order valence-electron chi connectivity index (χ1n) is 9.26. The fourth-order valence-corrected chi connectivity index (χ4v) is 7.05. The zero-order valence-corrected chi connectivity index (χ0v) is 19.8. The number of fused-ring (bicyclic) bond motifs is 3. The molecule has 1 aliphatic heterocycles. The minimum atomic E-state index is -0.247. The van der Waals surface area contributed by atoms with Gasteiger partial charge in [-0.3, -0.25) is 0 Å². The summed E-state index contributed by atoms with van der Waals surface area (Å²) in [6, 6.07) is 4.13. The third kappa shape index (κ3) is 3.58. The summed E-state index contributed by atoms with van der Waals surface area (Å²) in [6.07, 6.45) is 8.04. The summed E-state index contributed by atoms with van der Waals surface area (Å²) in [4.78, 5) is 0. The van der Waals surface area contributed by atoms with E-state index in [1.54, 1.807) is 0 Å². The lowest BCUT2D eigenvalue weighted by Crippen LogP contribution is -2.53. The molecule has 0 saturated carbocycles. The van der Waals surface area contributed by atoms with Gasteiger partial charge in [-0.05, 0) is 57.7 Å². The summed E-state index contributed by atoms with van der Waals surface area (Å²) in [6.45, 7) is 8.83. The van der Waals surface area contributed by atoms with Gasteiger partial charge in [-0.2, -0.15) is 0 Å². The number of halogens is 2. The molecule has 3 rings (SSSR count). The summed E-state index contributed by atoms with van der Waals surface area (Å²) in [5.74, 6) is 1.61. The molecule has 1 aliphatic carbocycles. The van der Waals surface area contributed by atoms with Crippen LogP contribution in [0.5, 0.6) is 11.5 Å². The Hall–Kier alpha value is 0.0200. The van der Waals surface area contributed by atoms with Crippen molar-refractivity contribution in [1.82, 2.24) is 0 Å². The third-order valence-electron chi connectivity index (χ3n) is 5.69. The van der Waals surface area contributed by atoms with Gasteiger partial charge < -0.3 is 9.84 Å². The molecule has 1 aromatic carbocycles. The van der Waals surface area contributed by atoms with E-state index in [0.29, 0.717) is 15.6 Å². The maximum atomic E-state index is 10.9. The Morgan fingerprint density at radius 1 is 1.28 bits per heavy atom. The van der Waals surface area contributed by atoms with Crippen LogP contribution < -0.4 is 4.74 Å². The summed E-state index contributed by atoms with van der Waals surface area (Å²) in [5.41, 5.74) is 3.31. The molecule has 1 N–H and O–H groups in total. The minimum Gasteiger partial charge on any atom is -0.507 e. The number of alkyl halides is 2. The number of rotatable bonds is 4. The van der Waals surface area contributed by atoms with Crippen LogP contribution in [0.1, 0.15) is 64.5 Å². The number of unbranched alkanes of at least 4 members (excludes halogenated alkanes) is 2. The van der Waals surface area contributed by atoms with Crippen molar-refractivity contribution in [3.8, 4) is 11.5 Å². The number of hydrogen-bond acceptors (Lipinski definition) is 2. The van der Waals surface area contributed by atoms with E-state index in [0.717, 1.165) is 30.6 Å². The largest absolute Gasteiger partial charge is 0.507 e. The molecule has 0 saturated heterocycles. The lowest BCUT2D eigenvalue weighted by molar-refractivity contribution is 0.00808. The number of allylic oxidation sites excluding steroid dienone is 2. The molecule has 138 valence electrons. The van der Waals surface area contributed by atoms with E-state index < -0.39 is 0 Å². The Kier molecular flexibility index (Phi) is 5.70. The fraction of sp³-hybridized carbons (Fsp3) is 0.619. The van der Waals surface area contributed by atoms with Gasteiger partial charge in [0.05, 0.1) is 8.99 Å². The Morgan fingerprint density at radius 3 is 2.68 bits per heavy atom. The third-order valence-corrected chi connectivity index (χ3v) is 8.78. The molecule has 1 heterocycles. The number of phenolic OH excluding ortho intramolecular Hbond substituents is 1. The van der Waals surface area contributed by atoms with Gasteiger partial charge in [0, 0.05) is 9.84 Å². The normalized spacial score (nSPS) is 30.1. The van der Waals surface area contributed by atoms with Crippen LogP contribution in [0.2, 0.25) is 0 Å². The van der Waals surface area contributed by atoms with E-state index in [2.05, 4.69) is 85.0 Å². The number of ether oxygens (including phenoxy) is 1. The second-order valence-corrected chi connectivity index (χ2v) is 11.4. The zero-order valence-electron chi connectivity index (χ0n) is 15.5. The summed E-state index contributed by atoms with van der Waals surface area (Å²) < 4.78 is 6.80. The second-order valence-electron chi connectivity index (χ2n) is 8.06. The molecule has 0 aromatic heterocycles. The minimum absolute atomic E-state index is 0.202. The Morgan fingerprint density at radius 2 is 2.00 bits per heavy atom. The van der Waals surface area contributed by atoms with Crippen molar-refractivity contribution in [2.24, 2.45) is 5.92 Å². The number of aryl methyl sites for hydroxylation is 1. The van der Waals surface area contributed by atoms with Crippen molar-refractivity contribution < 1.29 is 9.84 Å². The lowest BCUT2D eigenvalue weighted by atomic mass is 9.67. The van der Waals surface area contributed by atoms with Gasteiger partial charge in [-0.25, -0.2) is 0 Å². The van der Waals surface area contributed by atoms with E-state index >= 15 is 0 Å². The zero-order chi connectivity index (χ0) is 18.4. The van der Waals surface area contributed by atoms with Crippen LogP contribution in [-0.4, -0.2) is 14.6 Å². The maximum absolute atomic E-state index is 10.9. The summed E-state index contributed by atoms with van der Waals surface area (Å²) >= 11 is 5.10. The van der Waals surface area contributed by atoms with Crippen molar-refractivity contribution in [3.05, 3.63) is 34.9 Å². The first kappa shape index (κ1) is 19.8. The topological polar surface area (TPSA) is 29.5 Å². The predicted octanol–water partition coefficient (Wildman–Crippen LogP) is 6.70. The van der Waals surface area contributed by atoms with Gasteiger partial charge in [0.2, 0.25) is 0 Å². The molecule has 25 heavy (non-hydrogen) atoms. The van der Waals surface area contributed by atoms with Gasteiger partial charge in [-0.15, -0.1) is 0 Å². The number of hydrogen-bond donors (Lipinski definition) is 1. The first-order chi connectivity index (χ1) is 11.7. The monoisotopic (exact) mass is 566 g/mol. The average Bonchev–Trinajstić information content (AvgIpc) is 2.49. The highest BCUT2D eigenvalue weighted by atomic mass is 127. The maximum Gasteiger partial charge on any atom is 0.129 e. The van der Waals surface area contributed by atoms with Crippen molar-refractivity contribution >= 4 is 45.2 Å². The van der Waals surface area contributed by atoms with Crippen LogP contribution in [0.3, 0.4) is 0 Å². The van der Waals surface area contributed by atoms with Gasteiger partial charge in [-0.1, -0.05) is 76.6 Å². The Bertz CT molecular complexity index is 695. The summed E-state index contributed by atoms with van der Waals surface area (Å²) in [7, 11) is 0. The van der Waals surface area contributed by atoms with E-state index in [-0.39, 0.29) is 9.02 Å². The molecule has 0 spiro atoms. The average molecular weight is 566 g/mol. The van der Waals surface area contributed by atoms with Gasteiger partial charge in [0.15, 0.2) is 0 Å². The Balaban J connectivity index is 2.09. The van der Waals surface area contributed by atoms with E-state index in [4.69, 9.17) is 4.74 Å². The van der Waals surface area contributed by atoms with Crippen LogP contribution in [0, 0.1) is 5.92 Å². The lowest BCUT2D eigenvalue weighted by Gasteiger charge is -2.52.